The van der Waals surface area contributed by atoms with Crippen LogP contribution in [-0.2, 0) is 13.1 Å². The second-order valence-corrected chi connectivity index (χ2v) is 4.99. The third kappa shape index (κ3) is 5.08. The SMILES string of the molecule is CCCCNC(=O)c1ccc(CNCc2ccco2)cc1. The number of unbranched alkanes of at least 4 members (excludes halogenated alkanes) is 1. The first-order valence-corrected chi connectivity index (χ1v) is 7.40. The van der Waals surface area contributed by atoms with Crippen LogP contribution in [-0.4, -0.2) is 12.5 Å². The minimum atomic E-state index is -0.00135. The molecule has 0 bridgehead atoms. The van der Waals surface area contributed by atoms with Gasteiger partial charge in [-0.25, -0.2) is 0 Å². The fourth-order valence-electron chi connectivity index (χ4n) is 2.00. The number of hydrogen-bond acceptors (Lipinski definition) is 3. The van der Waals surface area contributed by atoms with Gasteiger partial charge >= 0.3 is 0 Å². The molecule has 0 atom stereocenters. The highest BCUT2D eigenvalue weighted by Gasteiger charge is 2.04. The predicted octanol–water partition coefficient (Wildman–Crippen LogP) is 3.10. The van der Waals surface area contributed by atoms with Gasteiger partial charge < -0.3 is 15.1 Å². The average Bonchev–Trinajstić information content (AvgIpc) is 3.01. The van der Waals surface area contributed by atoms with Crippen LogP contribution in [0.15, 0.2) is 47.1 Å². The Kier molecular flexibility index (Phi) is 6.03. The van der Waals surface area contributed by atoms with E-state index in [4.69, 9.17) is 4.42 Å². The highest BCUT2D eigenvalue weighted by Crippen LogP contribution is 2.05. The van der Waals surface area contributed by atoms with Crippen LogP contribution >= 0.6 is 0 Å². The fraction of sp³-hybridized carbons (Fsp3) is 0.353. The predicted molar refractivity (Wildman–Crippen MR) is 82.9 cm³/mol. The van der Waals surface area contributed by atoms with Crippen LogP contribution in [0, 0.1) is 0 Å². The van der Waals surface area contributed by atoms with Gasteiger partial charge in [0.25, 0.3) is 5.91 Å². The van der Waals surface area contributed by atoms with E-state index in [2.05, 4.69) is 17.6 Å². The molecule has 0 radical (unpaired) electrons. The quantitative estimate of drug-likeness (QED) is 0.733. The van der Waals surface area contributed by atoms with Crippen molar-refractivity contribution in [1.82, 2.24) is 10.6 Å². The maximum Gasteiger partial charge on any atom is 0.251 e. The van der Waals surface area contributed by atoms with Gasteiger partial charge in [-0.05, 0) is 36.2 Å². The van der Waals surface area contributed by atoms with Gasteiger partial charge in [0.1, 0.15) is 5.76 Å². The largest absolute Gasteiger partial charge is 0.468 e. The second-order valence-electron chi connectivity index (χ2n) is 4.99. The summed E-state index contributed by atoms with van der Waals surface area (Å²) >= 11 is 0. The molecule has 0 aliphatic heterocycles. The highest BCUT2D eigenvalue weighted by atomic mass is 16.3. The first-order valence-electron chi connectivity index (χ1n) is 7.40. The van der Waals surface area contributed by atoms with Gasteiger partial charge in [-0.15, -0.1) is 0 Å². The number of furan rings is 1. The molecule has 4 nitrogen and oxygen atoms in total. The Morgan fingerprint density at radius 1 is 1.14 bits per heavy atom. The lowest BCUT2D eigenvalue weighted by Gasteiger charge is -2.06. The molecule has 2 rings (SSSR count). The molecule has 21 heavy (non-hydrogen) atoms. The van der Waals surface area contributed by atoms with Gasteiger partial charge in [-0.1, -0.05) is 25.5 Å². The number of carbonyl (C=O) groups is 1. The molecule has 1 heterocycles. The van der Waals surface area contributed by atoms with E-state index < -0.39 is 0 Å². The molecule has 1 amide bonds. The standard InChI is InChI=1S/C17H22N2O2/c1-2-3-10-19-17(20)15-8-6-14(7-9-15)12-18-13-16-5-4-11-21-16/h4-9,11,18H,2-3,10,12-13H2,1H3,(H,19,20). The lowest BCUT2D eigenvalue weighted by Crippen LogP contribution is -2.24. The van der Waals surface area contributed by atoms with E-state index in [0.717, 1.165) is 37.3 Å². The molecular weight excluding hydrogens is 264 g/mol. The number of amides is 1. The zero-order valence-corrected chi connectivity index (χ0v) is 12.4. The number of carbonyl (C=O) groups excluding carboxylic acids is 1. The second kappa shape index (κ2) is 8.27. The Morgan fingerprint density at radius 2 is 1.95 bits per heavy atom. The van der Waals surface area contributed by atoms with Gasteiger partial charge in [0.15, 0.2) is 0 Å². The summed E-state index contributed by atoms with van der Waals surface area (Å²) in [4.78, 5) is 11.9. The summed E-state index contributed by atoms with van der Waals surface area (Å²) in [5.41, 5.74) is 1.85. The summed E-state index contributed by atoms with van der Waals surface area (Å²) < 4.78 is 5.25. The molecule has 0 aliphatic carbocycles. The van der Waals surface area contributed by atoms with Crippen LogP contribution in [0.5, 0.6) is 0 Å². The molecule has 0 aliphatic rings. The number of benzene rings is 1. The molecule has 1 aromatic carbocycles. The third-order valence-electron chi connectivity index (χ3n) is 3.24. The number of hydrogen-bond donors (Lipinski definition) is 2. The van der Waals surface area contributed by atoms with E-state index in [1.54, 1.807) is 6.26 Å². The maximum atomic E-state index is 11.9. The van der Waals surface area contributed by atoms with E-state index >= 15 is 0 Å². The van der Waals surface area contributed by atoms with Crippen LogP contribution in [0.4, 0.5) is 0 Å². The minimum absolute atomic E-state index is 0.00135. The number of nitrogens with one attached hydrogen (secondary N) is 2. The highest BCUT2D eigenvalue weighted by molar-refractivity contribution is 5.94. The van der Waals surface area contributed by atoms with Crippen molar-refractivity contribution in [3.05, 3.63) is 59.5 Å². The Morgan fingerprint density at radius 3 is 2.62 bits per heavy atom. The molecule has 112 valence electrons. The summed E-state index contributed by atoms with van der Waals surface area (Å²) in [5, 5.41) is 6.21. The van der Waals surface area contributed by atoms with E-state index in [9.17, 15) is 4.79 Å². The first-order chi connectivity index (χ1) is 10.3. The van der Waals surface area contributed by atoms with Gasteiger partial charge in [0, 0.05) is 18.7 Å². The van der Waals surface area contributed by atoms with Gasteiger partial charge in [0.2, 0.25) is 0 Å². The monoisotopic (exact) mass is 286 g/mol. The molecule has 0 spiro atoms. The average molecular weight is 286 g/mol. The molecule has 0 unspecified atom stereocenters. The van der Waals surface area contributed by atoms with Crippen LogP contribution in [0.1, 0.15) is 41.4 Å². The molecule has 0 fully saturated rings. The smallest absolute Gasteiger partial charge is 0.251 e. The van der Waals surface area contributed by atoms with E-state index in [1.807, 2.05) is 36.4 Å². The molecule has 2 aromatic rings. The fourth-order valence-corrected chi connectivity index (χ4v) is 2.00. The summed E-state index contributed by atoms with van der Waals surface area (Å²) in [5.74, 6) is 0.917. The normalized spacial score (nSPS) is 10.5. The topological polar surface area (TPSA) is 54.3 Å². The van der Waals surface area contributed by atoms with E-state index in [1.165, 1.54) is 0 Å². The Hall–Kier alpha value is -2.07. The van der Waals surface area contributed by atoms with Crippen molar-refractivity contribution in [3.63, 3.8) is 0 Å². The van der Waals surface area contributed by atoms with Crippen molar-refractivity contribution in [2.24, 2.45) is 0 Å². The Bertz CT molecular complexity index is 532. The van der Waals surface area contributed by atoms with Gasteiger partial charge in [-0.3, -0.25) is 4.79 Å². The van der Waals surface area contributed by atoms with Crippen molar-refractivity contribution in [1.29, 1.82) is 0 Å². The van der Waals surface area contributed by atoms with Crippen molar-refractivity contribution in [3.8, 4) is 0 Å². The van der Waals surface area contributed by atoms with Gasteiger partial charge in [-0.2, -0.15) is 0 Å². The van der Waals surface area contributed by atoms with Crippen LogP contribution < -0.4 is 10.6 Å². The van der Waals surface area contributed by atoms with E-state index in [-0.39, 0.29) is 5.91 Å². The summed E-state index contributed by atoms with van der Waals surface area (Å²) in [6.45, 7) is 4.29. The summed E-state index contributed by atoms with van der Waals surface area (Å²) in [6, 6.07) is 11.5. The molecule has 1 aromatic heterocycles. The number of rotatable bonds is 8. The summed E-state index contributed by atoms with van der Waals surface area (Å²) in [6.07, 6.45) is 3.77. The molecule has 2 N–H and O–H groups in total. The van der Waals surface area contributed by atoms with Crippen LogP contribution in [0.3, 0.4) is 0 Å². The maximum absolute atomic E-state index is 11.9. The zero-order chi connectivity index (χ0) is 14.9. The van der Waals surface area contributed by atoms with Crippen LogP contribution in [0.25, 0.3) is 0 Å². The Balaban J connectivity index is 1.77. The van der Waals surface area contributed by atoms with E-state index in [0.29, 0.717) is 12.1 Å². The molecule has 0 saturated carbocycles. The molecule has 4 heteroatoms. The van der Waals surface area contributed by atoms with Crippen molar-refractivity contribution in [2.45, 2.75) is 32.9 Å². The first kappa shape index (κ1) is 15.3. The van der Waals surface area contributed by atoms with Gasteiger partial charge in [0.05, 0.1) is 12.8 Å². The van der Waals surface area contributed by atoms with Crippen molar-refractivity contribution >= 4 is 5.91 Å². The van der Waals surface area contributed by atoms with Crippen molar-refractivity contribution < 1.29 is 9.21 Å². The minimum Gasteiger partial charge on any atom is -0.468 e. The Labute approximate surface area is 125 Å². The molecule has 0 saturated heterocycles. The zero-order valence-electron chi connectivity index (χ0n) is 12.4. The van der Waals surface area contributed by atoms with Crippen molar-refractivity contribution in [2.75, 3.05) is 6.54 Å². The van der Waals surface area contributed by atoms with Crippen LogP contribution in [0.2, 0.25) is 0 Å². The lowest BCUT2D eigenvalue weighted by atomic mass is 10.1. The lowest BCUT2D eigenvalue weighted by molar-refractivity contribution is 0.0953. The molecular formula is C17H22N2O2. The summed E-state index contributed by atoms with van der Waals surface area (Å²) in [7, 11) is 0. The third-order valence-corrected chi connectivity index (χ3v) is 3.24.